The molecular formula is C15H15NO. The number of hydrogen-bond acceptors (Lipinski definition) is 2. The molecule has 0 fully saturated rings. The molecule has 2 aromatic carbocycles. The minimum Gasteiger partial charge on any atom is -0.274 e. The van der Waals surface area contributed by atoms with E-state index in [2.05, 4.69) is 5.48 Å². The second-order valence-electron chi connectivity index (χ2n) is 3.64. The topological polar surface area (TPSA) is 21.3 Å². The van der Waals surface area contributed by atoms with Gasteiger partial charge in [0.2, 0.25) is 0 Å². The number of benzene rings is 2. The number of hydroxylamine groups is 1. The monoisotopic (exact) mass is 225 g/mol. The van der Waals surface area contributed by atoms with Gasteiger partial charge in [0.25, 0.3) is 0 Å². The molecule has 2 heteroatoms. The van der Waals surface area contributed by atoms with Gasteiger partial charge in [-0.3, -0.25) is 10.3 Å². The summed E-state index contributed by atoms with van der Waals surface area (Å²) in [6.45, 7) is 0.556. The van der Waals surface area contributed by atoms with Crippen LogP contribution in [-0.4, -0.2) is 0 Å². The molecule has 0 heterocycles. The third-order valence-electron chi connectivity index (χ3n) is 2.31. The molecule has 0 amide bonds. The molecule has 0 aliphatic heterocycles. The fourth-order valence-corrected chi connectivity index (χ4v) is 1.44. The Balaban J connectivity index is 1.72. The average molecular weight is 225 g/mol. The molecule has 0 aliphatic rings. The number of rotatable bonds is 5. The molecule has 0 unspecified atom stereocenters. The molecule has 17 heavy (non-hydrogen) atoms. The highest BCUT2D eigenvalue weighted by Gasteiger charge is 1.88. The first-order valence-corrected chi connectivity index (χ1v) is 5.58. The molecule has 0 atom stereocenters. The van der Waals surface area contributed by atoms with Gasteiger partial charge in [-0.2, -0.15) is 0 Å². The zero-order chi connectivity index (χ0) is 11.8. The van der Waals surface area contributed by atoms with E-state index < -0.39 is 0 Å². The molecule has 1 N–H and O–H groups in total. The SMILES string of the molecule is C(=C\c1ccccc1)/NOCc1ccccc1. The van der Waals surface area contributed by atoms with Gasteiger partial charge in [0.1, 0.15) is 0 Å². The molecule has 0 bridgehead atoms. The summed E-state index contributed by atoms with van der Waals surface area (Å²) in [5, 5.41) is 0. The van der Waals surface area contributed by atoms with Crippen LogP contribution in [-0.2, 0) is 11.4 Å². The highest BCUT2D eigenvalue weighted by molar-refractivity contribution is 5.47. The Morgan fingerprint density at radius 2 is 1.53 bits per heavy atom. The van der Waals surface area contributed by atoms with Gasteiger partial charge in [0.05, 0.1) is 6.61 Å². The Morgan fingerprint density at radius 1 is 0.882 bits per heavy atom. The third-order valence-corrected chi connectivity index (χ3v) is 2.31. The lowest BCUT2D eigenvalue weighted by Gasteiger charge is -2.02. The molecule has 0 radical (unpaired) electrons. The quantitative estimate of drug-likeness (QED) is 0.622. The second kappa shape index (κ2) is 6.51. The Morgan fingerprint density at radius 3 is 2.24 bits per heavy atom. The van der Waals surface area contributed by atoms with Crippen LogP contribution in [0.3, 0.4) is 0 Å². The van der Waals surface area contributed by atoms with Crippen LogP contribution < -0.4 is 5.48 Å². The van der Waals surface area contributed by atoms with Gasteiger partial charge >= 0.3 is 0 Å². The summed E-state index contributed by atoms with van der Waals surface area (Å²) in [6.07, 6.45) is 3.75. The predicted octanol–water partition coefficient (Wildman–Crippen LogP) is 3.38. The van der Waals surface area contributed by atoms with Gasteiger partial charge in [0, 0.05) is 6.20 Å². The molecule has 2 aromatic rings. The van der Waals surface area contributed by atoms with Crippen LogP contribution >= 0.6 is 0 Å². The van der Waals surface area contributed by atoms with Crippen molar-refractivity contribution in [2.45, 2.75) is 6.61 Å². The van der Waals surface area contributed by atoms with Crippen LogP contribution in [0.4, 0.5) is 0 Å². The van der Waals surface area contributed by atoms with Crippen LogP contribution in [0.1, 0.15) is 11.1 Å². The second-order valence-corrected chi connectivity index (χ2v) is 3.64. The lowest BCUT2D eigenvalue weighted by molar-refractivity contribution is 0.0581. The molecule has 0 aromatic heterocycles. The van der Waals surface area contributed by atoms with Crippen molar-refractivity contribution >= 4 is 6.08 Å². The van der Waals surface area contributed by atoms with Crippen molar-refractivity contribution in [1.82, 2.24) is 5.48 Å². The van der Waals surface area contributed by atoms with Crippen molar-refractivity contribution < 1.29 is 4.84 Å². The zero-order valence-corrected chi connectivity index (χ0v) is 9.54. The lowest BCUT2D eigenvalue weighted by atomic mass is 10.2. The molecule has 86 valence electrons. The van der Waals surface area contributed by atoms with Crippen molar-refractivity contribution in [3.8, 4) is 0 Å². The minimum atomic E-state index is 0.556. The van der Waals surface area contributed by atoms with Gasteiger partial charge in [0.15, 0.2) is 0 Å². The van der Waals surface area contributed by atoms with E-state index in [1.165, 1.54) is 0 Å². The maximum absolute atomic E-state index is 5.30. The normalized spacial score (nSPS) is 10.6. The van der Waals surface area contributed by atoms with Crippen LogP contribution in [0.2, 0.25) is 0 Å². The van der Waals surface area contributed by atoms with E-state index in [1.54, 1.807) is 6.20 Å². The summed E-state index contributed by atoms with van der Waals surface area (Å²) >= 11 is 0. The van der Waals surface area contributed by atoms with Gasteiger partial charge < -0.3 is 0 Å². The van der Waals surface area contributed by atoms with E-state index in [1.807, 2.05) is 66.7 Å². The molecule has 0 aliphatic carbocycles. The van der Waals surface area contributed by atoms with Crippen molar-refractivity contribution in [2.24, 2.45) is 0 Å². The summed E-state index contributed by atoms with van der Waals surface area (Å²) in [7, 11) is 0. The van der Waals surface area contributed by atoms with Crippen LogP contribution in [0.5, 0.6) is 0 Å². The van der Waals surface area contributed by atoms with E-state index in [9.17, 15) is 0 Å². The summed E-state index contributed by atoms with van der Waals surface area (Å²) in [5.41, 5.74) is 5.09. The van der Waals surface area contributed by atoms with Crippen LogP contribution in [0.25, 0.3) is 6.08 Å². The summed E-state index contributed by atoms with van der Waals surface area (Å²) < 4.78 is 0. The molecular weight excluding hydrogens is 210 g/mol. The maximum atomic E-state index is 5.30. The predicted molar refractivity (Wildman–Crippen MR) is 69.8 cm³/mol. The highest BCUT2D eigenvalue weighted by Crippen LogP contribution is 2.01. The third kappa shape index (κ3) is 4.13. The van der Waals surface area contributed by atoms with Crippen molar-refractivity contribution in [2.75, 3.05) is 0 Å². The van der Waals surface area contributed by atoms with Crippen molar-refractivity contribution in [3.63, 3.8) is 0 Å². The van der Waals surface area contributed by atoms with Gasteiger partial charge in [-0.15, -0.1) is 0 Å². The van der Waals surface area contributed by atoms with Crippen molar-refractivity contribution in [1.29, 1.82) is 0 Å². The summed E-state index contributed by atoms with van der Waals surface area (Å²) in [4.78, 5) is 5.30. The van der Waals surface area contributed by atoms with Crippen LogP contribution in [0.15, 0.2) is 66.9 Å². The fourth-order valence-electron chi connectivity index (χ4n) is 1.44. The van der Waals surface area contributed by atoms with E-state index >= 15 is 0 Å². The average Bonchev–Trinajstić information content (AvgIpc) is 2.41. The van der Waals surface area contributed by atoms with Gasteiger partial charge in [-0.05, 0) is 17.2 Å². The molecule has 2 nitrogen and oxygen atoms in total. The lowest BCUT2D eigenvalue weighted by Crippen LogP contribution is -2.05. The highest BCUT2D eigenvalue weighted by atomic mass is 16.6. The van der Waals surface area contributed by atoms with E-state index in [0.717, 1.165) is 11.1 Å². The Kier molecular flexibility index (Phi) is 4.37. The number of nitrogens with one attached hydrogen (secondary N) is 1. The fraction of sp³-hybridized carbons (Fsp3) is 0.0667. The number of hydrogen-bond donors (Lipinski definition) is 1. The van der Waals surface area contributed by atoms with E-state index in [0.29, 0.717) is 6.61 Å². The first kappa shape index (κ1) is 11.4. The Hall–Kier alpha value is -2.06. The Labute approximate surface area is 102 Å². The van der Waals surface area contributed by atoms with Crippen LogP contribution in [0, 0.1) is 0 Å². The van der Waals surface area contributed by atoms with Gasteiger partial charge in [-0.1, -0.05) is 60.7 Å². The first-order chi connectivity index (χ1) is 8.45. The molecule has 0 saturated carbocycles. The van der Waals surface area contributed by atoms with E-state index in [4.69, 9.17) is 4.84 Å². The minimum absolute atomic E-state index is 0.556. The zero-order valence-electron chi connectivity index (χ0n) is 9.54. The first-order valence-electron chi connectivity index (χ1n) is 5.58. The molecule has 0 saturated heterocycles. The maximum Gasteiger partial charge on any atom is 0.0996 e. The summed E-state index contributed by atoms with van der Waals surface area (Å²) in [6, 6.07) is 20.1. The smallest absolute Gasteiger partial charge is 0.0996 e. The van der Waals surface area contributed by atoms with Gasteiger partial charge in [-0.25, -0.2) is 0 Å². The summed E-state index contributed by atoms with van der Waals surface area (Å²) in [5.74, 6) is 0. The van der Waals surface area contributed by atoms with E-state index in [-0.39, 0.29) is 0 Å². The Bertz CT molecular complexity index is 451. The largest absolute Gasteiger partial charge is 0.274 e. The molecule has 0 spiro atoms. The van der Waals surface area contributed by atoms with Crippen molar-refractivity contribution in [3.05, 3.63) is 78.0 Å². The standard InChI is InChI=1S/C15H15NO/c1-3-7-14(8-4-1)11-12-16-17-13-15-9-5-2-6-10-15/h1-12,16H,13H2/b12-11+. The molecule has 2 rings (SSSR count).